The van der Waals surface area contributed by atoms with Crippen LogP contribution < -0.4 is 0 Å². The summed E-state index contributed by atoms with van der Waals surface area (Å²) >= 11 is 0. The van der Waals surface area contributed by atoms with Gasteiger partial charge in [0.1, 0.15) is 0 Å². The predicted octanol–water partition coefficient (Wildman–Crippen LogP) is 4.04. The average molecular weight is 243 g/mol. The number of hydrogen-bond acceptors (Lipinski definition) is 2. The van der Waals surface area contributed by atoms with Gasteiger partial charge >= 0.3 is 0 Å². The van der Waals surface area contributed by atoms with Crippen LogP contribution in [0.5, 0.6) is 0 Å². The molecule has 2 nitrogen and oxygen atoms in total. The summed E-state index contributed by atoms with van der Waals surface area (Å²) in [5.41, 5.74) is 1.87. The van der Waals surface area contributed by atoms with E-state index in [-0.39, 0.29) is 0 Å². The standard InChI is InChI=1S/C16H21NO/c1-2-15-5-3-4-6-16(15)18-12-14-9-7-13(11-17)8-10-14/h7-10,15-16H,2-6,12H2,1H3. The fourth-order valence-electron chi connectivity index (χ4n) is 2.74. The molecule has 2 rings (SSSR count). The highest BCUT2D eigenvalue weighted by molar-refractivity contribution is 5.31. The quantitative estimate of drug-likeness (QED) is 0.799. The maximum Gasteiger partial charge on any atom is 0.0991 e. The van der Waals surface area contributed by atoms with E-state index < -0.39 is 0 Å². The number of benzene rings is 1. The molecular formula is C16H21NO. The van der Waals surface area contributed by atoms with Crippen molar-refractivity contribution in [3.8, 4) is 6.07 Å². The molecule has 1 saturated carbocycles. The maximum absolute atomic E-state index is 8.75. The molecule has 0 aliphatic heterocycles. The van der Waals surface area contributed by atoms with E-state index in [9.17, 15) is 0 Å². The van der Waals surface area contributed by atoms with Gasteiger partial charge in [-0.25, -0.2) is 0 Å². The van der Waals surface area contributed by atoms with Gasteiger partial charge in [0.25, 0.3) is 0 Å². The van der Waals surface area contributed by atoms with E-state index in [0.717, 1.165) is 11.5 Å². The minimum atomic E-state index is 0.430. The first-order valence-corrected chi connectivity index (χ1v) is 6.94. The molecular weight excluding hydrogens is 222 g/mol. The van der Waals surface area contributed by atoms with Crippen LogP contribution >= 0.6 is 0 Å². The molecule has 0 bridgehead atoms. The summed E-state index contributed by atoms with van der Waals surface area (Å²) in [7, 11) is 0. The first-order chi connectivity index (χ1) is 8.83. The van der Waals surface area contributed by atoms with Crippen molar-refractivity contribution >= 4 is 0 Å². The Labute approximate surface area is 110 Å². The molecule has 0 aromatic heterocycles. The van der Waals surface area contributed by atoms with Gasteiger partial charge in [-0.2, -0.15) is 5.26 Å². The Morgan fingerprint density at radius 3 is 2.61 bits per heavy atom. The van der Waals surface area contributed by atoms with Gasteiger partial charge in [-0.1, -0.05) is 38.3 Å². The maximum atomic E-state index is 8.75. The van der Waals surface area contributed by atoms with Gasteiger partial charge in [0.15, 0.2) is 0 Å². The summed E-state index contributed by atoms with van der Waals surface area (Å²) in [6.45, 7) is 2.93. The van der Waals surface area contributed by atoms with E-state index >= 15 is 0 Å². The van der Waals surface area contributed by atoms with Gasteiger partial charge < -0.3 is 4.74 Å². The summed E-state index contributed by atoms with van der Waals surface area (Å²) < 4.78 is 6.06. The number of ether oxygens (including phenoxy) is 1. The van der Waals surface area contributed by atoms with Crippen molar-refractivity contribution in [2.24, 2.45) is 5.92 Å². The van der Waals surface area contributed by atoms with Crippen molar-refractivity contribution in [1.82, 2.24) is 0 Å². The second-order valence-corrected chi connectivity index (χ2v) is 5.11. The second-order valence-electron chi connectivity index (χ2n) is 5.11. The van der Waals surface area contributed by atoms with Crippen LogP contribution in [0.3, 0.4) is 0 Å². The molecule has 0 amide bonds. The molecule has 2 atom stereocenters. The van der Waals surface area contributed by atoms with Crippen molar-refractivity contribution in [3.63, 3.8) is 0 Å². The Morgan fingerprint density at radius 2 is 1.94 bits per heavy atom. The molecule has 96 valence electrons. The smallest absolute Gasteiger partial charge is 0.0991 e. The van der Waals surface area contributed by atoms with Gasteiger partial charge in [0.2, 0.25) is 0 Å². The molecule has 1 aliphatic carbocycles. The molecule has 1 aromatic carbocycles. The van der Waals surface area contributed by atoms with E-state index in [2.05, 4.69) is 13.0 Å². The molecule has 1 fully saturated rings. The molecule has 2 unspecified atom stereocenters. The normalized spacial score (nSPS) is 23.6. The molecule has 1 aliphatic rings. The molecule has 18 heavy (non-hydrogen) atoms. The molecule has 0 spiro atoms. The first-order valence-electron chi connectivity index (χ1n) is 6.94. The lowest BCUT2D eigenvalue weighted by atomic mass is 9.85. The van der Waals surface area contributed by atoms with Gasteiger partial charge in [-0.3, -0.25) is 0 Å². The lowest BCUT2D eigenvalue weighted by Gasteiger charge is -2.30. The van der Waals surface area contributed by atoms with Gasteiger partial charge in [-0.05, 0) is 36.5 Å². The summed E-state index contributed by atoms with van der Waals surface area (Å²) in [5.74, 6) is 0.733. The zero-order valence-corrected chi connectivity index (χ0v) is 11.1. The van der Waals surface area contributed by atoms with Crippen LogP contribution in [0.1, 0.15) is 50.2 Å². The Hall–Kier alpha value is -1.33. The summed E-state index contributed by atoms with van der Waals surface area (Å²) in [4.78, 5) is 0. The fourth-order valence-corrected chi connectivity index (χ4v) is 2.74. The van der Waals surface area contributed by atoms with Crippen LogP contribution in [0.2, 0.25) is 0 Å². The average Bonchev–Trinajstić information content (AvgIpc) is 2.46. The Bertz CT molecular complexity index is 404. The number of nitrogens with zero attached hydrogens (tertiary/aromatic N) is 1. The van der Waals surface area contributed by atoms with Crippen molar-refractivity contribution in [1.29, 1.82) is 5.26 Å². The summed E-state index contributed by atoms with van der Waals surface area (Å²) in [6.07, 6.45) is 6.82. The van der Waals surface area contributed by atoms with Crippen LogP contribution in [-0.4, -0.2) is 6.10 Å². The Balaban J connectivity index is 1.87. The summed E-state index contributed by atoms with van der Waals surface area (Å²) in [5, 5.41) is 8.75. The lowest BCUT2D eigenvalue weighted by molar-refractivity contribution is -0.0221. The lowest BCUT2D eigenvalue weighted by Crippen LogP contribution is -2.27. The SMILES string of the molecule is CCC1CCCCC1OCc1ccc(C#N)cc1. The highest BCUT2D eigenvalue weighted by Gasteiger charge is 2.23. The number of hydrogen-bond donors (Lipinski definition) is 0. The molecule has 0 saturated heterocycles. The van der Waals surface area contributed by atoms with E-state index in [1.807, 2.05) is 24.3 Å². The number of nitriles is 1. The number of rotatable bonds is 4. The zero-order chi connectivity index (χ0) is 12.8. The molecule has 1 aromatic rings. The van der Waals surface area contributed by atoms with E-state index in [1.165, 1.54) is 32.1 Å². The van der Waals surface area contributed by atoms with Gasteiger partial charge in [0, 0.05) is 0 Å². The van der Waals surface area contributed by atoms with Crippen LogP contribution in [0.15, 0.2) is 24.3 Å². The third kappa shape index (κ3) is 3.34. The van der Waals surface area contributed by atoms with Crippen LogP contribution in [0.4, 0.5) is 0 Å². The Morgan fingerprint density at radius 1 is 1.22 bits per heavy atom. The molecule has 0 N–H and O–H groups in total. The van der Waals surface area contributed by atoms with Crippen molar-refractivity contribution < 1.29 is 4.74 Å². The zero-order valence-electron chi connectivity index (χ0n) is 11.1. The van der Waals surface area contributed by atoms with Gasteiger partial charge in [0.05, 0.1) is 24.3 Å². The van der Waals surface area contributed by atoms with E-state index in [0.29, 0.717) is 18.3 Å². The van der Waals surface area contributed by atoms with Crippen molar-refractivity contribution in [2.75, 3.05) is 0 Å². The second kappa shape index (κ2) is 6.56. The van der Waals surface area contributed by atoms with Crippen molar-refractivity contribution in [3.05, 3.63) is 35.4 Å². The van der Waals surface area contributed by atoms with Crippen LogP contribution in [0.25, 0.3) is 0 Å². The van der Waals surface area contributed by atoms with E-state index in [1.54, 1.807) is 0 Å². The summed E-state index contributed by atoms with van der Waals surface area (Å²) in [6, 6.07) is 9.83. The monoisotopic (exact) mass is 243 g/mol. The fraction of sp³-hybridized carbons (Fsp3) is 0.562. The predicted molar refractivity (Wildman–Crippen MR) is 72.0 cm³/mol. The highest BCUT2D eigenvalue weighted by Crippen LogP contribution is 2.29. The highest BCUT2D eigenvalue weighted by atomic mass is 16.5. The topological polar surface area (TPSA) is 33.0 Å². The van der Waals surface area contributed by atoms with Crippen LogP contribution in [-0.2, 0) is 11.3 Å². The Kier molecular flexibility index (Phi) is 4.78. The molecule has 0 heterocycles. The van der Waals surface area contributed by atoms with Gasteiger partial charge in [-0.15, -0.1) is 0 Å². The largest absolute Gasteiger partial charge is 0.373 e. The minimum absolute atomic E-state index is 0.430. The third-order valence-corrected chi connectivity index (χ3v) is 3.91. The van der Waals surface area contributed by atoms with Crippen LogP contribution in [0, 0.1) is 17.2 Å². The molecule has 2 heteroatoms. The van der Waals surface area contributed by atoms with E-state index in [4.69, 9.17) is 10.00 Å². The minimum Gasteiger partial charge on any atom is -0.373 e. The third-order valence-electron chi connectivity index (χ3n) is 3.91. The molecule has 0 radical (unpaired) electrons. The van der Waals surface area contributed by atoms with Crippen molar-refractivity contribution in [2.45, 2.75) is 51.7 Å². The first kappa shape index (κ1) is 13.1.